The van der Waals surface area contributed by atoms with Crippen LogP contribution in [-0.2, 0) is 22.6 Å². The number of carbonyl (C=O) groups excluding carboxylic acids is 2. The van der Waals surface area contributed by atoms with E-state index in [-0.39, 0.29) is 31.7 Å². The molecule has 0 atom stereocenters. The van der Waals surface area contributed by atoms with Crippen LogP contribution in [0.5, 0.6) is 11.5 Å². The Morgan fingerprint density at radius 3 is 2.37 bits per heavy atom. The van der Waals surface area contributed by atoms with Gasteiger partial charge in [-0.1, -0.05) is 48.5 Å². The van der Waals surface area contributed by atoms with Gasteiger partial charge in [0.25, 0.3) is 5.91 Å². The summed E-state index contributed by atoms with van der Waals surface area (Å²) in [6, 6.07) is 26.8. The first-order chi connectivity index (χ1) is 20.1. The molecule has 0 bridgehead atoms. The number of fused-ring (bicyclic) bond motifs is 1. The molecule has 0 radical (unpaired) electrons. The van der Waals surface area contributed by atoms with Crippen molar-refractivity contribution in [2.75, 3.05) is 33.1 Å². The van der Waals surface area contributed by atoms with E-state index in [0.29, 0.717) is 55.5 Å². The monoisotopic (exact) mass is 554 g/mol. The molecule has 0 N–H and O–H groups in total. The number of amides is 2. The SMILES string of the molecule is CCOCCCN(CC(=O)N(Cc1ccc2c(c1)OCO2)Cc1ccco1)C(=O)c1ccc(-c2ccccc2)cc1. The van der Waals surface area contributed by atoms with Crippen molar-refractivity contribution in [3.8, 4) is 22.6 Å². The Balaban J connectivity index is 1.33. The van der Waals surface area contributed by atoms with Gasteiger partial charge < -0.3 is 28.4 Å². The Kier molecular flexibility index (Phi) is 9.34. The molecule has 0 saturated carbocycles. The van der Waals surface area contributed by atoms with Gasteiger partial charge in [0.1, 0.15) is 12.3 Å². The molecular weight excluding hydrogens is 520 g/mol. The molecular formula is C33H34N2O6. The molecule has 8 nitrogen and oxygen atoms in total. The van der Waals surface area contributed by atoms with E-state index in [1.54, 1.807) is 22.1 Å². The third-order valence-electron chi connectivity index (χ3n) is 6.86. The molecule has 0 unspecified atom stereocenters. The fraction of sp³-hybridized carbons (Fsp3) is 0.273. The summed E-state index contributed by atoms with van der Waals surface area (Å²) in [6.07, 6.45) is 2.20. The summed E-state index contributed by atoms with van der Waals surface area (Å²) in [4.78, 5) is 30.8. The third kappa shape index (κ3) is 7.35. The minimum Gasteiger partial charge on any atom is -0.467 e. The lowest BCUT2D eigenvalue weighted by atomic mass is 10.0. The molecule has 8 heteroatoms. The van der Waals surface area contributed by atoms with Crippen molar-refractivity contribution in [1.29, 1.82) is 0 Å². The van der Waals surface area contributed by atoms with Gasteiger partial charge in [0, 0.05) is 31.9 Å². The zero-order valence-corrected chi connectivity index (χ0v) is 23.2. The van der Waals surface area contributed by atoms with E-state index in [1.165, 1.54) is 0 Å². The van der Waals surface area contributed by atoms with Crippen molar-refractivity contribution < 1.29 is 28.2 Å². The lowest BCUT2D eigenvalue weighted by Crippen LogP contribution is -2.43. The number of benzene rings is 3. The molecule has 1 aromatic heterocycles. The van der Waals surface area contributed by atoms with E-state index in [4.69, 9.17) is 18.6 Å². The van der Waals surface area contributed by atoms with Gasteiger partial charge in [-0.2, -0.15) is 0 Å². The van der Waals surface area contributed by atoms with E-state index in [9.17, 15) is 9.59 Å². The molecule has 0 aliphatic carbocycles. The second-order valence-electron chi connectivity index (χ2n) is 9.74. The Bertz CT molecular complexity index is 1420. The average molecular weight is 555 g/mol. The molecule has 0 fully saturated rings. The van der Waals surface area contributed by atoms with Crippen LogP contribution in [0.2, 0.25) is 0 Å². The fourth-order valence-electron chi connectivity index (χ4n) is 4.72. The topological polar surface area (TPSA) is 81.5 Å². The van der Waals surface area contributed by atoms with Gasteiger partial charge in [-0.3, -0.25) is 9.59 Å². The predicted molar refractivity (Wildman–Crippen MR) is 154 cm³/mol. The highest BCUT2D eigenvalue weighted by Gasteiger charge is 2.24. The van der Waals surface area contributed by atoms with Gasteiger partial charge in [0.05, 0.1) is 12.8 Å². The number of furan rings is 1. The van der Waals surface area contributed by atoms with Crippen molar-refractivity contribution in [3.63, 3.8) is 0 Å². The minimum atomic E-state index is -0.199. The van der Waals surface area contributed by atoms with E-state index in [2.05, 4.69) is 0 Å². The standard InChI is InChI=1S/C33H34N2O6/c1-2-38-18-7-17-34(33(37)28-14-12-27(13-15-28)26-8-4-3-5-9-26)23-32(36)35(22-29-10-6-19-39-29)21-25-11-16-30-31(20-25)41-24-40-30/h3-6,8-16,19-20H,2,7,17-18,21-24H2,1H3. The summed E-state index contributed by atoms with van der Waals surface area (Å²) >= 11 is 0. The van der Waals surface area contributed by atoms with Crippen LogP contribution >= 0.6 is 0 Å². The average Bonchev–Trinajstić information content (AvgIpc) is 3.70. The second kappa shape index (κ2) is 13.7. The van der Waals surface area contributed by atoms with E-state index in [1.807, 2.05) is 85.8 Å². The maximum atomic E-state index is 13.8. The van der Waals surface area contributed by atoms with Gasteiger partial charge >= 0.3 is 0 Å². The molecule has 41 heavy (non-hydrogen) atoms. The summed E-state index contributed by atoms with van der Waals surface area (Å²) in [5, 5.41) is 0. The maximum Gasteiger partial charge on any atom is 0.254 e. The Morgan fingerprint density at radius 1 is 0.829 bits per heavy atom. The van der Waals surface area contributed by atoms with E-state index >= 15 is 0 Å². The lowest BCUT2D eigenvalue weighted by molar-refractivity contribution is -0.133. The first-order valence-electron chi connectivity index (χ1n) is 13.8. The molecule has 0 spiro atoms. The molecule has 0 saturated heterocycles. The number of hydrogen-bond donors (Lipinski definition) is 0. The molecule has 2 heterocycles. The van der Waals surface area contributed by atoms with Crippen LogP contribution in [0.4, 0.5) is 0 Å². The molecule has 1 aliphatic rings. The van der Waals surface area contributed by atoms with Crippen molar-refractivity contribution in [1.82, 2.24) is 9.80 Å². The van der Waals surface area contributed by atoms with Crippen molar-refractivity contribution >= 4 is 11.8 Å². The summed E-state index contributed by atoms with van der Waals surface area (Å²) in [5.74, 6) is 1.60. The van der Waals surface area contributed by atoms with Crippen LogP contribution in [0.1, 0.15) is 35.0 Å². The van der Waals surface area contributed by atoms with Crippen LogP contribution < -0.4 is 9.47 Å². The van der Waals surface area contributed by atoms with Gasteiger partial charge in [0.15, 0.2) is 11.5 Å². The Hall–Kier alpha value is -4.56. The van der Waals surface area contributed by atoms with E-state index < -0.39 is 0 Å². The highest BCUT2D eigenvalue weighted by atomic mass is 16.7. The number of hydrogen-bond acceptors (Lipinski definition) is 6. The van der Waals surface area contributed by atoms with Crippen LogP contribution in [-0.4, -0.2) is 54.7 Å². The number of ether oxygens (including phenoxy) is 3. The largest absolute Gasteiger partial charge is 0.467 e. The van der Waals surface area contributed by atoms with Crippen molar-refractivity contribution in [2.45, 2.75) is 26.4 Å². The van der Waals surface area contributed by atoms with Crippen molar-refractivity contribution in [2.24, 2.45) is 0 Å². The Labute approximate surface area is 240 Å². The second-order valence-corrected chi connectivity index (χ2v) is 9.74. The first-order valence-corrected chi connectivity index (χ1v) is 13.8. The third-order valence-corrected chi connectivity index (χ3v) is 6.86. The summed E-state index contributed by atoms with van der Waals surface area (Å²) in [7, 11) is 0. The number of carbonyl (C=O) groups is 2. The minimum absolute atomic E-state index is 0.0728. The van der Waals surface area contributed by atoms with Gasteiger partial charge in [-0.25, -0.2) is 0 Å². The van der Waals surface area contributed by atoms with Gasteiger partial charge in [-0.05, 0) is 66.4 Å². The van der Waals surface area contributed by atoms with Crippen LogP contribution in [0.3, 0.4) is 0 Å². The summed E-state index contributed by atoms with van der Waals surface area (Å²) in [5.41, 5.74) is 3.52. The fourth-order valence-corrected chi connectivity index (χ4v) is 4.72. The smallest absolute Gasteiger partial charge is 0.254 e. The molecule has 212 valence electrons. The highest BCUT2D eigenvalue weighted by molar-refractivity contribution is 5.97. The number of rotatable bonds is 13. The molecule has 1 aliphatic heterocycles. The molecule has 3 aromatic carbocycles. The van der Waals surface area contributed by atoms with E-state index in [0.717, 1.165) is 16.7 Å². The normalized spacial score (nSPS) is 11.8. The molecule has 4 aromatic rings. The zero-order valence-electron chi connectivity index (χ0n) is 23.2. The van der Waals surface area contributed by atoms with Crippen molar-refractivity contribution in [3.05, 3.63) is 108 Å². The predicted octanol–water partition coefficient (Wildman–Crippen LogP) is 5.77. The maximum absolute atomic E-state index is 13.8. The molecule has 2 amide bonds. The molecule has 5 rings (SSSR count). The highest BCUT2D eigenvalue weighted by Crippen LogP contribution is 2.33. The van der Waals surface area contributed by atoms with Crippen LogP contribution in [0.15, 0.2) is 95.6 Å². The Morgan fingerprint density at radius 2 is 1.61 bits per heavy atom. The zero-order chi connectivity index (χ0) is 28.4. The summed E-state index contributed by atoms with van der Waals surface area (Å²) in [6.45, 7) is 4.13. The van der Waals surface area contributed by atoms with Crippen LogP contribution in [0, 0.1) is 0 Å². The number of nitrogens with zero attached hydrogens (tertiary/aromatic N) is 2. The van der Waals surface area contributed by atoms with Gasteiger partial charge in [-0.15, -0.1) is 0 Å². The summed E-state index contributed by atoms with van der Waals surface area (Å²) < 4.78 is 22.0. The van der Waals surface area contributed by atoms with Gasteiger partial charge in [0.2, 0.25) is 12.7 Å². The van der Waals surface area contributed by atoms with Crippen LogP contribution in [0.25, 0.3) is 11.1 Å². The quantitative estimate of drug-likeness (QED) is 0.195. The first kappa shape index (κ1) is 28.0. The lowest BCUT2D eigenvalue weighted by Gasteiger charge is -2.27.